The molecule has 0 amide bonds. The molecule has 0 unspecified atom stereocenters. The van der Waals surface area contributed by atoms with Gasteiger partial charge in [0.1, 0.15) is 0 Å². The molecule has 1 fully saturated rings. The molecule has 1 heterocycles. The van der Waals surface area contributed by atoms with Gasteiger partial charge >= 0.3 is 0 Å². The SMILES string of the molecule is C[C@@H]1CNC[C@H](CCc2ccccc2)N1. The fourth-order valence-corrected chi connectivity index (χ4v) is 2.17. The Labute approximate surface area is 92.1 Å². The second-order valence-corrected chi connectivity index (χ2v) is 4.45. The summed E-state index contributed by atoms with van der Waals surface area (Å²) >= 11 is 0. The third-order valence-electron chi connectivity index (χ3n) is 2.99. The number of rotatable bonds is 3. The third-order valence-corrected chi connectivity index (χ3v) is 2.99. The fraction of sp³-hybridized carbons (Fsp3) is 0.538. The Morgan fingerprint density at radius 3 is 2.73 bits per heavy atom. The van der Waals surface area contributed by atoms with Crippen LogP contribution in [-0.2, 0) is 6.42 Å². The van der Waals surface area contributed by atoms with Crippen molar-refractivity contribution in [2.24, 2.45) is 0 Å². The van der Waals surface area contributed by atoms with Gasteiger partial charge in [0.15, 0.2) is 0 Å². The Balaban J connectivity index is 1.78. The molecule has 1 aromatic rings. The van der Waals surface area contributed by atoms with Gasteiger partial charge in [-0.2, -0.15) is 0 Å². The van der Waals surface area contributed by atoms with E-state index in [-0.39, 0.29) is 0 Å². The molecule has 2 N–H and O–H groups in total. The average molecular weight is 204 g/mol. The molecule has 1 aromatic carbocycles. The summed E-state index contributed by atoms with van der Waals surface area (Å²) in [6, 6.07) is 12.0. The largest absolute Gasteiger partial charge is 0.314 e. The van der Waals surface area contributed by atoms with Crippen molar-refractivity contribution >= 4 is 0 Å². The Morgan fingerprint density at radius 2 is 2.00 bits per heavy atom. The zero-order valence-electron chi connectivity index (χ0n) is 9.37. The summed E-state index contributed by atoms with van der Waals surface area (Å²) in [4.78, 5) is 0. The van der Waals surface area contributed by atoms with Gasteiger partial charge in [0.2, 0.25) is 0 Å². The van der Waals surface area contributed by atoms with Crippen LogP contribution in [0.25, 0.3) is 0 Å². The predicted octanol–water partition coefficient (Wildman–Crippen LogP) is 1.57. The lowest BCUT2D eigenvalue weighted by Gasteiger charge is -2.29. The van der Waals surface area contributed by atoms with Gasteiger partial charge in [-0.3, -0.25) is 0 Å². The summed E-state index contributed by atoms with van der Waals surface area (Å²) in [5.41, 5.74) is 1.44. The van der Waals surface area contributed by atoms with Crippen LogP contribution in [0.2, 0.25) is 0 Å². The Bertz CT molecular complexity index is 284. The topological polar surface area (TPSA) is 24.1 Å². The van der Waals surface area contributed by atoms with Crippen LogP contribution >= 0.6 is 0 Å². The molecule has 0 radical (unpaired) electrons. The first-order valence-corrected chi connectivity index (χ1v) is 5.85. The van der Waals surface area contributed by atoms with Gasteiger partial charge in [-0.25, -0.2) is 0 Å². The minimum absolute atomic E-state index is 0.611. The summed E-state index contributed by atoms with van der Waals surface area (Å²) in [5.74, 6) is 0. The Kier molecular flexibility index (Phi) is 3.75. The maximum atomic E-state index is 3.62. The van der Waals surface area contributed by atoms with E-state index >= 15 is 0 Å². The maximum absolute atomic E-state index is 3.62. The van der Waals surface area contributed by atoms with E-state index in [4.69, 9.17) is 0 Å². The molecule has 0 bridgehead atoms. The molecule has 0 saturated carbocycles. The zero-order chi connectivity index (χ0) is 10.5. The Hall–Kier alpha value is -0.860. The van der Waals surface area contributed by atoms with E-state index in [1.165, 1.54) is 18.4 Å². The summed E-state index contributed by atoms with van der Waals surface area (Å²) in [5, 5.41) is 7.08. The molecule has 2 rings (SSSR count). The summed E-state index contributed by atoms with van der Waals surface area (Å²) in [7, 11) is 0. The van der Waals surface area contributed by atoms with Gasteiger partial charge in [0.05, 0.1) is 0 Å². The molecule has 1 aliphatic heterocycles. The second kappa shape index (κ2) is 5.29. The zero-order valence-corrected chi connectivity index (χ0v) is 9.37. The van der Waals surface area contributed by atoms with Crippen molar-refractivity contribution in [2.45, 2.75) is 31.8 Å². The van der Waals surface area contributed by atoms with Gasteiger partial charge < -0.3 is 10.6 Å². The standard InChI is InChI=1S/C13H20N2/c1-11-9-14-10-13(15-11)8-7-12-5-3-2-4-6-12/h2-6,11,13-15H,7-10H2,1H3/t11-,13+/m1/s1. The summed E-state index contributed by atoms with van der Waals surface area (Å²) < 4.78 is 0. The van der Waals surface area contributed by atoms with Crippen molar-refractivity contribution in [3.8, 4) is 0 Å². The molecule has 0 spiro atoms. The van der Waals surface area contributed by atoms with E-state index in [1.54, 1.807) is 0 Å². The van der Waals surface area contributed by atoms with Crippen molar-refractivity contribution in [1.29, 1.82) is 0 Å². The maximum Gasteiger partial charge on any atom is 0.0198 e. The van der Waals surface area contributed by atoms with Crippen molar-refractivity contribution < 1.29 is 0 Å². The monoisotopic (exact) mass is 204 g/mol. The van der Waals surface area contributed by atoms with Gasteiger partial charge in [0.25, 0.3) is 0 Å². The van der Waals surface area contributed by atoms with Crippen LogP contribution in [0, 0.1) is 0 Å². The number of piperazine rings is 1. The van der Waals surface area contributed by atoms with Gasteiger partial charge in [-0.05, 0) is 25.3 Å². The van der Waals surface area contributed by atoms with Gasteiger partial charge in [-0.1, -0.05) is 30.3 Å². The van der Waals surface area contributed by atoms with E-state index in [0.29, 0.717) is 12.1 Å². The quantitative estimate of drug-likeness (QED) is 0.781. The molecule has 1 saturated heterocycles. The van der Waals surface area contributed by atoms with Gasteiger partial charge in [0, 0.05) is 25.2 Å². The van der Waals surface area contributed by atoms with Crippen LogP contribution in [0.1, 0.15) is 18.9 Å². The number of aryl methyl sites for hydroxylation is 1. The highest BCUT2D eigenvalue weighted by Gasteiger charge is 2.16. The lowest BCUT2D eigenvalue weighted by molar-refractivity contribution is 0.340. The normalized spacial score (nSPS) is 26.5. The lowest BCUT2D eigenvalue weighted by atomic mass is 10.0. The van der Waals surface area contributed by atoms with E-state index in [9.17, 15) is 0 Å². The van der Waals surface area contributed by atoms with Crippen molar-refractivity contribution in [2.75, 3.05) is 13.1 Å². The van der Waals surface area contributed by atoms with Crippen LogP contribution in [-0.4, -0.2) is 25.2 Å². The predicted molar refractivity (Wildman–Crippen MR) is 64.0 cm³/mol. The van der Waals surface area contributed by atoms with Crippen LogP contribution in [0.5, 0.6) is 0 Å². The number of benzene rings is 1. The number of hydrogen-bond donors (Lipinski definition) is 2. The summed E-state index contributed by atoms with van der Waals surface area (Å²) in [6.45, 7) is 4.45. The first kappa shape index (κ1) is 10.7. The molecular formula is C13H20N2. The first-order chi connectivity index (χ1) is 7.34. The van der Waals surface area contributed by atoms with Crippen LogP contribution in [0.3, 0.4) is 0 Å². The van der Waals surface area contributed by atoms with Crippen LogP contribution in [0.15, 0.2) is 30.3 Å². The molecule has 0 aliphatic carbocycles. The molecule has 82 valence electrons. The fourth-order valence-electron chi connectivity index (χ4n) is 2.17. The molecule has 15 heavy (non-hydrogen) atoms. The van der Waals surface area contributed by atoms with E-state index in [0.717, 1.165) is 13.1 Å². The van der Waals surface area contributed by atoms with E-state index in [2.05, 4.69) is 47.9 Å². The van der Waals surface area contributed by atoms with Gasteiger partial charge in [-0.15, -0.1) is 0 Å². The smallest absolute Gasteiger partial charge is 0.0198 e. The highest BCUT2D eigenvalue weighted by atomic mass is 15.1. The highest BCUT2D eigenvalue weighted by Crippen LogP contribution is 2.06. The van der Waals surface area contributed by atoms with Crippen molar-refractivity contribution in [3.63, 3.8) is 0 Å². The third kappa shape index (κ3) is 3.33. The Morgan fingerprint density at radius 1 is 1.20 bits per heavy atom. The summed E-state index contributed by atoms with van der Waals surface area (Å²) in [6.07, 6.45) is 2.40. The molecule has 2 nitrogen and oxygen atoms in total. The number of nitrogens with one attached hydrogen (secondary N) is 2. The van der Waals surface area contributed by atoms with Crippen molar-refractivity contribution in [1.82, 2.24) is 10.6 Å². The molecular weight excluding hydrogens is 184 g/mol. The molecule has 1 aliphatic rings. The first-order valence-electron chi connectivity index (χ1n) is 5.85. The highest BCUT2D eigenvalue weighted by molar-refractivity contribution is 5.14. The van der Waals surface area contributed by atoms with Crippen molar-refractivity contribution in [3.05, 3.63) is 35.9 Å². The number of hydrogen-bond acceptors (Lipinski definition) is 2. The lowest BCUT2D eigenvalue weighted by Crippen LogP contribution is -2.53. The average Bonchev–Trinajstić information content (AvgIpc) is 2.28. The van der Waals surface area contributed by atoms with E-state index in [1.807, 2.05) is 0 Å². The van der Waals surface area contributed by atoms with Crippen LogP contribution < -0.4 is 10.6 Å². The minimum Gasteiger partial charge on any atom is -0.314 e. The second-order valence-electron chi connectivity index (χ2n) is 4.45. The van der Waals surface area contributed by atoms with E-state index < -0.39 is 0 Å². The minimum atomic E-state index is 0.611. The van der Waals surface area contributed by atoms with Crippen LogP contribution in [0.4, 0.5) is 0 Å². The molecule has 2 atom stereocenters. The molecule has 0 aromatic heterocycles. The molecule has 2 heteroatoms.